The van der Waals surface area contributed by atoms with Crippen LogP contribution in [0.3, 0.4) is 0 Å². The van der Waals surface area contributed by atoms with E-state index in [0.29, 0.717) is 23.8 Å². The highest BCUT2D eigenvalue weighted by Gasteiger charge is 2.27. The highest BCUT2D eigenvalue weighted by atomic mass is 16.5. The summed E-state index contributed by atoms with van der Waals surface area (Å²) in [4.78, 5) is 16.3. The molecule has 2 N–H and O–H groups in total. The molecule has 5 heteroatoms. The predicted molar refractivity (Wildman–Crippen MR) is 81.1 cm³/mol. The second-order valence-electron chi connectivity index (χ2n) is 5.53. The normalized spacial score (nSPS) is 18.4. The molecule has 1 aromatic rings. The fraction of sp³-hybridized carbons (Fsp3) is 0.533. The third-order valence-corrected chi connectivity index (χ3v) is 3.73. The van der Waals surface area contributed by atoms with Crippen LogP contribution in [0.4, 0.5) is 11.4 Å². The number of likely N-dealkylation sites (tertiary alicyclic amines) is 1. The standard InChI is InChI=1S/C15H23N3O2/c1-17(2)14-5-4-12(8-13(14)16)15(19)18-7-6-11(9-18)10-20-3/h4-5,8,11H,6-7,9-10,16H2,1-3H3. The summed E-state index contributed by atoms with van der Waals surface area (Å²) in [6.45, 7) is 2.27. The molecule has 1 aliphatic heterocycles. The average Bonchev–Trinajstić information content (AvgIpc) is 2.86. The number of methoxy groups -OCH3 is 1. The molecule has 1 unspecified atom stereocenters. The van der Waals surface area contributed by atoms with Crippen molar-refractivity contribution in [3.63, 3.8) is 0 Å². The van der Waals surface area contributed by atoms with E-state index in [9.17, 15) is 4.79 Å². The van der Waals surface area contributed by atoms with Crippen molar-refractivity contribution in [3.8, 4) is 0 Å². The summed E-state index contributed by atoms with van der Waals surface area (Å²) in [5.41, 5.74) is 8.22. The average molecular weight is 277 g/mol. The summed E-state index contributed by atoms with van der Waals surface area (Å²) in [5.74, 6) is 0.503. The van der Waals surface area contributed by atoms with E-state index in [1.165, 1.54) is 0 Å². The van der Waals surface area contributed by atoms with Gasteiger partial charge in [0.25, 0.3) is 5.91 Å². The monoisotopic (exact) mass is 277 g/mol. The topological polar surface area (TPSA) is 58.8 Å². The van der Waals surface area contributed by atoms with Gasteiger partial charge in [-0.05, 0) is 24.6 Å². The maximum atomic E-state index is 12.4. The van der Waals surface area contributed by atoms with Gasteiger partial charge in [0, 0.05) is 45.8 Å². The van der Waals surface area contributed by atoms with Crippen LogP contribution in [-0.4, -0.2) is 51.7 Å². The Morgan fingerprint density at radius 3 is 2.85 bits per heavy atom. The van der Waals surface area contributed by atoms with Gasteiger partial charge >= 0.3 is 0 Å². The Kier molecular flexibility index (Phi) is 4.49. The summed E-state index contributed by atoms with van der Waals surface area (Å²) >= 11 is 0. The second-order valence-corrected chi connectivity index (χ2v) is 5.53. The van der Waals surface area contributed by atoms with Crippen LogP contribution < -0.4 is 10.6 Å². The van der Waals surface area contributed by atoms with E-state index >= 15 is 0 Å². The van der Waals surface area contributed by atoms with Crippen LogP contribution >= 0.6 is 0 Å². The van der Waals surface area contributed by atoms with Gasteiger partial charge in [-0.3, -0.25) is 4.79 Å². The third kappa shape index (κ3) is 3.04. The fourth-order valence-corrected chi connectivity index (χ4v) is 2.67. The Bertz CT molecular complexity index is 488. The number of carbonyl (C=O) groups excluding carboxylic acids is 1. The Hall–Kier alpha value is -1.75. The van der Waals surface area contributed by atoms with E-state index in [-0.39, 0.29) is 5.91 Å². The quantitative estimate of drug-likeness (QED) is 0.846. The lowest BCUT2D eigenvalue weighted by Crippen LogP contribution is -2.29. The van der Waals surface area contributed by atoms with Crippen molar-refractivity contribution in [2.75, 3.05) is 51.5 Å². The van der Waals surface area contributed by atoms with Gasteiger partial charge in [0.1, 0.15) is 0 Å². The Balaban J connectivity index is 2.08. The van der Waals surface area contributed by atoms with Gasteiger partial charge in [-0.1, -0.05) is 0 Å². The minimum absolute atomic E-state index is 0.0561. The maximum absolute atomic E-state index is 12.4. The number of nitrogen functional groups attached to an aromatic ring is 1. The van der Waals surface area contributed by atoms with Crippen LogP contribution in [0, 0.1) is 5.92 Å². The highest BCUT2D eigenvalue weighted by molar-refractivity contribution is 5.96. The van der Waals surface area contributed by atoms with Gasteiger partial charge in [0.2, 0.25) is 0 Å². The third-order valence-electron chi connectivity index (χ3n) is 3.73. The number of hydrogen-bond donors (Lipinski definition) is 1. The molecule has 1 amide bonds. The summed E-state index contributed by atoms with van der Waals surface area (Å²) < 4.78 is 5.16. The van der Waals surface area contributed by atoms with Crippen LogP contribution in [-0.2, 0) is 4.74 Å². The van der Waals surface area contributed by atoms with Crippen molar-refractivity contribution in [3.05, 3.63) is 23.8 Å². The van der Waals surface area contributed by atoms with Crippen LogP contribution in [0.15, 0.2) is 18.2 Å². The highest BCUT2D eigenvalue weighted by Crippen LogP contribution is 2.25. The molecule has 110 valence electrons. The Labute approximate surface area is 120 Å². The first kappa shape index (κ1) is 14.7. The van der Waals surface area contributed by atoms with Crippen molar-refractivity contribution in [1.29, 1.82) is 0 Å². The van der Waals surface area contributed by atoms with Crippen LogP contribution in [0.1, 0.15) is 16.8 Å². The SMILES string of the molecule is COCC1CCN(C(=O)c2ccc(N(C)C)c(N)c2)C1. The first-order chi connectivity index (χ1) is 9.52. The second kappa shape index (κ2) is 6.13. The zero-order valence-electron chi connectivity index (χ0n) is 12.4. The lowest BCUT2D eigenvalue weighted by Gasteiger charge is -2.19. The molecule has 0 aliphatic carbocycles. The van der Waals surface area contributed by atoms with Gasteiger partial charge in [0.15, 0.2) is 0 Å². The number of rotatable bonds is 4. The largest absolute Gasteiger partial charge is 0.397 e. The molecule has 0 spiro atoms. The lowest BCUT2D eigenvalue weighted by atomic mass is 10.1. The van der Waals surface area contributed by atoms with E-state index < -0.39 is 0 Å². The van der Waals surface area contributed by atoms with E-state index in [1.807, 2.05) is 36.0 Å². The Morgan fingerprint density at radius 2 is 2.25 bits per heavy atom. The fourth-order valence-electron chi connectivity index (χ4n) is 2.67. The minimum atomic E-state index is 0.0561. The molecule has 1 fully saturated rings. The zero-order valence-corrected chi connectivity index (χ0v) is 12.4. The first-order valence-corrected chi connectivity index (χ1v) is 6.88. The van der Waals surface area contributed by atoms with Crippen LogP contribution in [0.2, 0.25) is 0 Å². The number of hydrogen-bond acceptors (Lipinski definition) is 4. The molecular weight excluding hydrogens is 254 g/mol. The molecule has 0 radical (unpaired) electrons. The van der Waals surface area contributed by atoms with Gasteiger partial charge in [-0.2, -0.15) is 0 Å². The van der Waals surface area contributed by atoms with Gasteiger partial charge in [0.05, 0.1) is 18.0 Å². The molecular formula is C15H23N3O2. The van der Waals surface area contributed by atoms with E-state index in [0.717, 1.165) is 25.2 Å². The first-order valence-electron chi connectivity index (χ1n) is 6.88. The molecule has 0 bridgehead atoms. The Morgan fingerprint density at radius 1 is 1.50 bits per heavy atom. The van der Waals surface area contributed by atoms with Gasteiger partial charge < -0.3 is 20.3 Å². The molecule has 0 saturated carbocycles. The number of anilines is 2. The van der Waals surface area contributed by atoms with Crippen molar-refractivity contribution >= 4 is 17.3 Å². The molecule has 2 rings (SSSR count). The van der Waals surface area contributed by atoms with Crippen molar-refractivity contribution < 1.29 is 9.53 Å². The number of benzene rings is 1. The molecule has 1 aliphatic rings. The number of nitrogens with zero attached hydrogens (tertiary/aromatic N) is 2. The maximum Gasteiger partial charge on any atom is 0.253 e. The molecule has 1 atom stereocenters. The van der Waals surface area contributed by atoms with E-state index in [1.54, 1.807) is 13.2 Å². The number of amides is 1. The smallest absolute Gasteiger partial charge is 0.253 e. The van der Waals surface area contributed by atoms with Gasteiger partial charge in [-0.15, -0.1) is 0 Å². The predicted octanol–water partition coefficient (Wildman–Crippen LogP) is 1.44. The summed E-state index contributed by atoms with van der Waals surface area (Å²) in [6, 6.07) is 5.50. The summed E-state index contributed by atoms with van der Waals surface area (Å²) in [7, 11) is 5.57. The lowest BCUT2D eigenvalue weighted by molar-refractivity contribution is 0.0775. The molecule has 1 aromatic carbocycles. The summed E-state index contributed by atoms with van der Waals surface area (Å²) in [6.07, 6.45) is 1.00. The molecule has 1 heterocycles. The molecule has 20 heavy (non-hydrogen) atoms. The number of carbonyl (C=O) groups is 1. The van der Waals surface area contributed by atoms with Crippen LogP contribution in [0.25, 0.3) is 0 Å². The summed E-state index contributed by atoms with van der Waals surface area (Å²) in [5, 5.41) is 0. The van der Waals surface area contributed by atoms with Crippen LogP contribution in [0.5, 0.6) is 0 Å². The molecule has 1 saturated heterocycles. The van der Waals surface area contributed by atoms with Gasteiger partial charge in [-0.25, -0.2) is 0 Å². The van der Waals surface area contributed by atoms with E-state index in [2.05, 4.69) is 0 Å². The molecule has 5 nitrogen and oxygen atoms in total. The van der Waals surface area contributed by atoms with Crippen molar-refractivity contribution in [2.24, 2.45) is 5.92 Å². The molecule has 0 aromatic heterocycles. The van der Waals surface area contributed by atoms with E-state index in [4.69, 9.17) is 10.5 Å². The minimum Gasteiger partial charge on any atom is -0.397 e. The van der Waals surface area contributed by atoms with Crippen molar-refractivity contribution in [1.82, 2.24) is 4.90 Å². The number of ether oxygens (including phenoxy) is 1. The van der Waals surface area contributed by atoms with Crippen molar-refractivity contribution in [2.45, 2.75) is 6.42 Å². The zero-order chi connectivity index (χ0) is 14.7. The number of nitrogens with two attached hydrogens (primary N) is 1.